The highest BCUT2D eigenvalue weighted by atomic mass is 32.1. The van der Waals surface area contributed by atoms with E-state index in [1.54, 1.807) is 23.5 Å². The molecule has 1 aliphatic heterocycles. The zero-order valence-corrected chi connectivity index (χ0v) is 11.8. The summed E-state index contributed by atoms with van der Waals surface area (Å²) in [6, 6.07) is 0.709. The molecule has 0 bridgehead atoms. The molecule has 0 radical (unpaired) electrons. The van der Waals surface area contributed by atoms with Crippen LogP contribution >= 0.6 is 11.3 Å². The number of hydrogen-bond acceptors (Lipinski definition) is 4. The van der Waals surface area contributed by atoms with Crippen LogP contribution in [-0.4, -0.2) is 41.0 Å². The summed E-state index contributed by atoms with van der Waals surface area (Å²) >= 11 is 1.60. The molecule has 0 saturated carbocycles. The van der Waals surface area contributed by atoms with Crippen molar-refractivity contribution in [3.8, 4) is 0 Å². The van der Waals surface area contributed by atoms with Crippen molar-refractivity contribution in [2.24, 2.45) is 0 Å². The van der Waals surface area contributed by atoms with Crippen molar-refractivity contribution in [2.45, 2.75) is 32.9 Å². The second kappa shape index (κ2) is 5.63. The summed E-state index contributed by atoms with van der Waals surface area (Å²) in [6.07, 6.45) is 3.42. The highest BCUT2D eigenvalue weighted by Gasteiger charge is 2.23. The van der Waals surface area contributed by atoms with Gasteiger partial charge < -0.3 is 10.2 Å². The van der Waals surface area contributed by atoms with Crippen LogP contribution in [0.25, 0.3) is 6.08 Å². The molecule has 98 valence electrons. The molecule has 1 fully saturated rings. The maximum Gasteiger partial charge on any atom is 0.246 e. The number of nitrogens with one attached hydrogen (secondary N) is 1. The van der Waals surface area contributed by atoms with E-state index in [4.69, 9.17) is 0 Å². The van der Waals surface area contributed by atoms with Gasteiger partial charge in [-0.15, -0.1) is 11.3 Å². The smallest absolute Gasteiger partial charge is 0.246 e. The van der Waals surface area contributed by atoms with Gasteiger partial charge in [-0.1, -0.05) is 0 Å². The summed E-state index contributed by atoms with van der Waals surface area (Å²) < 4.78 is 0. The molecular formula is C13H19N3OS. The van der Waals surface area contributed by atoms with Crippen molar-refractivity contribution < 1.29 is 4.79 Å². The Morgan fingerprint density at radius 1 is 1.50 bits per heavy atom. The highest BCUT2D eigenvalue weighted by molar-refractivity contribution is 7.09. The zero-order valence-electron chi connectivity index (χ0n) is 11.0. The van der Waals surface area contributed by atoms with Gasteiger partial charge in [-0.2, -0.15) is 0 Å². The Morgan fingerprint density at radius 2 is 2.17 bits per heavy atom. The molecule has 2 unspecified atom stereocenters. The van der Waals surface area contributed by atoms with Gasteiger partial charge in [0.05, 0.1) is 10.7 Å². The molecule has 0 aromatic carbocycles. The summed E-state index contributed by atoms with van der Waals surface area (Å²) in [5.41, 5.74) is 0.863. The predicted octanol–water partition coefficient (Wildman–Crippen LogP) is 1.67. The molecule has 5 heteroatoms. The molecule has 4 nitrogen and oxygen atoms in total. The van der Waals surface area contributed by atoms with Crippen LogP contribution in [0.5, 0.6) is 0 Å². The van der Waals surface area contributed by atoms with Gasteiger partial charge in [0.2, 0.25) is 5.91 Å². The fourth-order valence-electron chi connectivity index (χ4n) is 2.23. The second-order valence-electron chi connectivity index (χ2n) is 4.84. The number of aromatic nitrogens is 1. The summed E-state index contributed by atoms with van der Waals surface area (Å²) in [7, 11) is 0. The molecule has 0 spiro atoms. The van der Waals surface area contributed by atoms with Crippen molar-refractivity contribution in [2.75, 3.05) is 13.1 Å². The molecule has 1 saturated heterocycles. The number of hydrogen-bond donors (Lipinski definition) is 1. The van der Waals surface area contributed by atoms with Crippen LogP contribution in [0.15, 0.2) is 11.5 Å². The normalized spacial score (nSPS) is 24.7. The topological polar surface area (TPSA) is 45.2 Å². The van der Waals surface area contributed by atoms with Crippen LogP contribution in [0.3, 0.4) is 0 Å². The molecule has 2 atom stereocenters. The van der Waals surface area contributed by atoms with E-state index < -0.39 is 0 Å². The van der Waals surface area contributed by atoms with Gasteiger partial charge in [0, 0.05) is 36.6 Å². The third-order valence-electron chi connectivity index (χ3n) is 2.90. The molecular weight excluding hydrogens is 246 g/mol. The Hall–Kier alpha value is -1.20. The molecule has 1 N–H and O–H groups in total. The van der Waals surface area contributed by atoms with E-state index in [-0.39, 0.29) is 5.91 Å². The highest BCUT2D eigenvalue weighted by Crippen LogP contribution is 2.10. The van der Waals surface area contributed by atoms with Gasteiger partial charge in [0.1, 0.15) is 0 Å². The monoisotopic (exact) mass is 265 g/mol. The van der Waals surface area contributed by atoms with Crippen molar-refractivity contribution >= 4 is 23.3 Å². The maximum atomic E-state index is 12.1. The Bertz CT molecular complexity index is 445. The van der Waals surface area contributed by atoms with E-state index in [9.17, 15) is 4.79 Å². The van der Waals surface area contributed by atoms with Crippen LogP contribution in [0.2, 0.25) is 0 Å². The van der Waals surface area contributed by atoms with E-state index in [1.165, 1.54) is 0 Å². The third-order valence-corrected chi connectivity index (χ3v) is 3.69. The van der Waals surface area contributed by atoms with Crippen LogP contribution in [0.1, 0.15) is 24.5 Å². The van der Waals surface area contributed by atoms with E-state index in [0.717, 1.165) is 23.8 Å². The fraction of sp³-hybridized carbons (Fsp3) is 0.538. The number of amides is 1. The number of nitrogens with zero attached hydrogens (tertiary/aromatic N) is 2. The number of carbonyl (C=O) groups excluding carboxylic acids is 1. The van der Waals surface area contributed by atoms with Crippen molar-refractivity contribution in [1.29, 1.82) is 0 Å². The summed E-state index contributed by atoms with van der Waals surface area (Å²) in [5.74, 6) is 0.0702. The van der Waals surface area contributed by atoms with E-state index in [0.29, 0.717) is 12.1 Å². The molecule has 1 aliphatic rings. The summed E-state index contributed by atoms with van der Waals surface area (Å²) in [5, 5.41) is 6.39. The van der Waals surface area contributed by atoms with Gasteiger partial charge in [0.25, 0.3) is 0 Å². The first-order valence-corrected chi connectivity index (χ1v) is 7.07. The minimum Gasteiger partial charge on any atom is -0.336 e. The molecule has 1 amide bonds. The number of thiazole rings is 1. The lowest BCUT2D eigenvalue weighted by Crippen LogP contribution is -2.55. The first-order chi connectivity index (χ1) is 8.54. The molecule has 2 rings (SSSR count). The van der Waals surface area contributed by atoms with Gasteiger partial charge in [0.15, 0.2) is 0 Å². The van der Waals surface area contributed by atoms with E-state index in [1.807, 2.05) is 17.2 Å². The lowest BCUT2D eigenvalue weighted by molar-refractivity contribution is -0.127. The van der Waals surface area contributed by atoms with Gasteiger partial charge in [-0.05, 0) is 26.8 Å². The number of carbonyl (C=O) groups is 1. The summed E-state index contributed by atoms with van der Waals surface area (Å²) in [6.45, 7) is 7.70. The van der Waals surface area contributed by atoms with Gasteiger partial charge in [-0.25, -0.2) is 4.98 Å². The average Bonchev–Trinajstić information content (AvgIpc) is 2.70. The molecule has 1 aromatic rings. The first kappa shape index (κ1) is 13.2. The van der Waals surface area contributed by atoms with Gasteiger partial charge >= 0.3 is 0 Å². The summed E-state index contributed by atoms with van der Waals surface area (Å²) in [4.78, 5) is 18.3. The van der Waals surface area contributed by atoms with E-state index >= 15 is 0 Å². The maximum absolute atomic E-state index is 12.1. The quantitative estimate of drug-likeness (QED) is 0.827. The van der Waals surface area contributed by atoms with Crippen molar-refractivity contribution in [3.05, 3.63) is 22.2 Å². The van der Waals surface area contributed by atoms with Crippen LogP contribution in [0.4, 0.5) is 0 Å². The molecule has 2 heterocycles. The standard InChI is InChI=1S/C13H19N3OS/c1-9-6-16(7-10(2)14-9)13(17)5-4-12-8-18-11(3)15-12/h4-5,8-10,14H,6-7H2,1-3H3. The zero-order chi connectivity index (χ0) is 13.1. The fourth-order valence-corrected chi connectivity index (χ4v) is 2.81. The first-order valence-electron chi connectivity index (χ1n) is 6.20. The predicted molar refractivity (Wildman–Crippen MR) is 74.5 cm³/mol. The van der Waals surface area contributed by atoms with Crippen LogP contribution < -0.4 is 5.32 Å². The number of aryl methyl sites for hydroxylation is 1. The SMILES string of the molecule is Cc1nc(C=CC(=O)N2CC(C)NC(C)C2)cs1. The lowest BCUT2D eigenvalue weighted by Gasteiger charge is -2.35. The Morgan fingerprint density at radius 3 is 2.72 bits per heavy atom. The average molecular weight is 265 g/mol. The molecule has 1 aromatic heterocycles. The Labute approximate surface area is 112 Å². The molecule has 0 aliphatic carbocycles. The minimum atomic E-state index is 0.0702. The Kier molecular flexibility index (Phi) is 4.14. The third kappa shape index (κ3) is 3.40. The van der Waals surface area contributed by atoms with Crippen LogP contribution in [-0.2, 0) is 4.79 Å². The van der Waals surface area contributed by atoms with Crippen molar-refractivity contribution in [3.63, 3.8) is 0 Å². The Balaban J connectivity index is 1.97. The van der Waals surface area contributed by atoms with E-state index in [2.05, 4.69) is 24.1 Å². The number of piperazine rings is 1. The van der Waals surface area contributed by atoms with Crippen molar-refractivity contribution in [1.82, 2.24) is 15.2 Å². The minimum absolute atomic E-state index is 0.0702. The number of rotatable bonds is 2. The largest absolute Gasteiger partial charge is 0.336 e. The van der Waals surface area contributed by atoms with Gasteiger partial charge in [-0.3, -0.25) is 4.79 Å². The molecule has 18 heavy (non-hydrogen) atoms. The second-order valence-corrected chi connectivity index (χ2v) is 5.90. The van der Waals surface area contributed by atoms with Crippen LogP contribution in [0, 0.1) is 6.92 Å². The lowest BCUT2D eigenvalue weighted by atomic mass is 10.1.